The molecule has 8 atom stereocenters. The highest BCUT2D eigenvalue weighted by Crippen LogP contribution is 2.68. The van der Waals surface area contributed by atoms with Crippen molar-refractivity contribution in [2.24, 2.45) is 46.3 Å². The molecule has 206 valence electrons. The number of allylic oxidation sites excluding steroid dienone is 2. The Kier molecular flexibility index (Phi) is 6.80. The second-order valence-electron chi connectivity index (χ2n) is 14.6. The third-order valence-corrected chi connectivity index (χ3v) is 12.2. The number of hydrogen-bond donors (Lipinski definition) is 2. The Labute approximate surface area is 231 Å². The van der Waals surface area contributed by atoms with Gasteiger partial charge in [0.25, 0.3) is 0 Å². The average Bonchev–Trinajstić information content (AvgIpc) is 3.25. The number of hydrogen-bond acceptors (Lipinski definition) is 1. The zero-order chi connectivity index (χ0) is 26.7. The number of carbonyl (C=O) groups is 1. The van der Waals surface area contributed by atoms with E-state index >= 15 is 0 Å². The Morgan fingerprint density at radius 3 is 2.53 bits per heavy atom. The first-order chi connectivity index (χ1) is 18.2. The molecule has 1 heterocycles. The maximum Gasteiger partial charge on any atom is 0.319 e. The van der Waals surface area contributed by atoms with Gasteiger partial charge in [-0.3, -0.25) is 0 Å². The van der Waals surface area contributed by atoms with Crippen LogP contribution in [0.2, 0.25) is 0 Å². The molecule has 2 amide bonds. The summed E-state index contributed by atoms with van der Waals surface area (Å²) in [5, 5.41) is 6.44. The van der Waals surface area contributed by atoms with E-state index in [4.69, 9.17) is 0 Å². The zero-order valence-electron chi connectivity index (χ0n) is 24.5. The fourth-order valence-corrected chi connectivity index (χ4v) is 10.3. The second kappa shape index (κ2) is 9.86. The van der Waals surface area contributed by atoms with Gasteiger partial charge >= 0.3 is 6.03 Å². The number of nitrogens with one attached hydrogen (secondary N) is 2. The minimum Gasteiger partial charge on any atom is -0.327 e. The van der Waals surface area contributed by atoms with Crippen LogP contribution >= 0.6 is 0 Å². The van der Waals surface area contributed by atoms with E-state index in [0.717, 1.165) is 47.6 Å². The lowest BCUT2D eigenvalue weighted by molar-refractivity contribution is -0.0560. The van der Waals surface area contributed by atoms with Crippen molar-refractivity contribution in [3.05, 3.63) is 58.8 Å². The van der Waals surface area contributed by atoms with E-state index in [0.29, 0.717) is 5.41 Å². The molecule has 4 aliphatic carbocycles. The summed E-state index contributed by atoms with van der Waals surface area (Å²) in [4.78, 5) is 12.6. The van der Waals surface area contributed by atoms with Gasteiger partial charge in [0.1, 0.15) is 0 Å². The molecule has 3 saturated carbocycles. The second-order valence-corrected chi connectivity index (χ2v) is 14.6. The quantitative estimate of drug-likeness (QED) is 0.391. The van der Waals surface area contributed by atoms with Crippen LogP contribution in [-0.4, -0.2) is 6.03 Å². The molecular formula is C35H50N2O. The predicted molar refractivity (Wildman–Crippen MR) is 156 cm³/mol. The molecule has 6 rings (SSSR count). The van der Waals surface area contributed by atoms with Crippen LogP contribution in [0.3, 0.4) is 0 Å². The molecule has 5 aliphatic rings. The van der Waals surface area contributed by atoms with Gasteiger partial charge in [-0.15, -0.1) is 0 Å². The molecule has 3 heteroatoms. The van der Waals surface area contributed by atoms with Gasteiger partial charge in [0, 0.05) is 5.70 Å². The van der Waals surface area contributed by atoms with E-state index in [-0.39, 0.29) is 17.5 Å². The van der Waals surface area contributed by atoms with Gasteiger partial charge in [0.05, 0.1) is 6.04 Å². The Hall–Kier alpha value is -2.03. The maximum absolute atomic E-state index is 12.6. The molecule has 1 aromatic carbocycles. The van der Waals surface area contributed by atoms with Gasteiger partial charge in [-0.25, -0.2) is 4.79 Å². The molecular weight excluding hydrogens is 464 g/mol. The van der Waals surface area contributed by atoms with Crippen LogP contribution in [-0.2, 0) is 0 Å². The van der Waals surface area contributed by atoms with Crippen LogP contribution < -0.4 is 10.6 Å². The molecule has 0 saturated heterocycles. The molecule has 2 N–H and O–H groups in total. The van der Waals surface area contributed by atoms with E-state index in [1.54, 1.807) is 5.57 Å². The first-order valence-corrected chi connectivity index (χ1v) is 15.8. The van der Waals surface area contributed by atoms with Crippen LogP contribution in [0.4, 0.5) is 4.79 Å². The van der Waals surface area contributed by atoms with Crippen LogP contribution in [0.25, 0.3) is 0 Å². The largest absolute Gasteiger partial charge is 0.327 e. The predicted octanol–water partition coefficient (Wildman–Crippen LogP) is 8.95. The topological polar surface area (TPSA) is 41.1 Å². The Bertz CT molecular complexity index is 1120. The summed E-state index contributed by atoms with van der Waals surface area (Å²) < 4.78 is 0. The lowest BCUT2D eigenvalue weighted by atomic mass is 9.46. The van der Waals surface area contributed by atoms with E-state index in [1.165, 1.54) is 68.9 Å². The van der Waals surface area contributed by atoms with Crippen LogP contribution in [0.1, 0.15) is 110 Å². The van der Waals surface area contributed by atoms with Crippen molar-refractivity contribution in [2.45, 2.75) is 105 Å². The van der Waals surface area contributed by atoms with Gasteiger partial charge in [0.2, 0.25) is 0 Å². The molecule has 1 aromatic rings. The number of benzene rings is 1. The van der Waals surface area contributed by atoms with Crippen molar-refractivity contribution < 1.29 is 4.79 Å². The van der Waals surface area contributed by atoms with Crippen molar-refractivity contribution in [3.8, 4) is 0 Å². The number of amides is 2. The van der Waals surface area contributed by atoms with Crippen molar-refractivity contribution in [1.29, 1.82) is 0 Å². The van der Waals surface area contributed by atoms with Crippen LogP contribution in [0.5, 0.6) is 0 Å². The van der Waals surface area contributed by atoms with Crippen molar-refractivity contribution in [3.63, 3.8) is 0 Å². The zero-order valence-corrected chi connectivity index (χ0v) is 24.5. The van der Waals surface area contributed by atoms with Gasteiger partial charge < -0.3 is 10.6 Å². The molecule has 38 heavy (non-hydrogen) atoms. The Morgan fingerprint density at radius 2 is 1.76 bits per heavy atom. The van der Waals surface area contributed by atoms with Crippen molar-refractivity contribution in [2.75, 3.05) is 0 Å². The summed E-state index contributed by atoms with van der Waals surface area (Å²) >= 11 is 0. The van der Waals surface area contributed by atoms with Gasteiger partial charge in [-0.2, -0.15) is 0 Å². The first-order valence-electron chi connectivity index (χ1n) is 15.8. The average molecular weight is 515 g/mol. The van der Waals surface area contributed by atoms with E-state index in [2.05, 4.69) is 81.7 Å². The lowest BCUT2D eigenvalue weighted by Gasteiger charge is -2.59. The summed E-state index contributed by atoms with van der Waals surface area (Å²) in [5.74, 6) is 5.11. The fourth-order valence-electron chi connectivity index (χ4n) is 10.3. The normalized spacial score (nSPS) is 38.8. The van der Waals surface area contributed by atoms with Gasteiger partial charge in [-0.05, 0) is 108 Å². The highest BCUT2D eigenvalue weighted by atomic mass is 16.2. The Morgan fingerprint density at radius 1 is 0.974 bits per heavy atom. The lowest BCUT2D eigenvalue weighted by Crippen LogP contribution is -2.52. The van der Waals surface area contributed by atoms with Gasteiger partial charge in [0.15, 0.2) is 0 Å². The number of urea groups is 1. The maximum atomic E-state index is 12.6. The molecule has 0 radical (unpaired) electrons. The highest BCUT2D eigenvalue weighted by Gasteiger charge is 2.59. The SMILES string of the molecule is CC(C)CCC[C@@H](C)[C@H]1CCC2C3CCC4=CC5=C(C[C@]4(C)C3CC[C@@]21C)C(c1ccccc1)NC(=O)N5. The minimum atomic E-state index is -0.0697. The molecule has 4 unspecified atom stereocenters. The number of carbonyl (C=O) groups excluding carboxylic acids is 1. The van der Waals surface area contributed by atoms with E-state index in [1.807, 2.05) is 0 Å². The summed E-state index contributed by atoms with van der Waals surface area (Å²) in [6, 6.07) is 10.5. The highest BCUT2D eigenvalue weighted by molar-refractivity contribution is 5.80. The first kappa shape index (κ1) is 26.2. The number of rotatable bonds is 6. The molecule has 3 nitrogen and oxygen atoms in total. The summed E-state index contributed by atoms with van der Waals surface area (Å²) in [7, 11) is 0. The van der Waals surface area contributed by atoms with Crippen LogP contribution in [0, 0.1) is 46.3 Å². The summed E-state index contributed by atoms with van der Waals surface area (Å²) in [6.45, 7) is 12.6. The van der Waals surface area contributed by atoms with Gasteiger partial charge in [-0.1, -0.05) is 89.8 Å². The van der Waals surface area contributed by atoms with Crippen molar-refractivity contribution >= 4 is 6.03 Å². The third kappa shape index (κ3) is 4.27. The molecule has 3 fully saturated rings. The monoisotopic (exact) mass is 514 g/mol. The van der Waals surface area contributed by atoms with Crippen molar-refractivity contribution in [1.82, 2.24) is 10.6 Å². The number of fused-ring (bicyclic) bond motifs is 5. The molecule has 0 aromatic heterocycles. The smallest absolute Gasteiger partial charge is 0.319 e. The van der Waals surface area contributed by atoms with Crippen LogP contribution in [0.15, 0.2) is 53.3 Å². The standard InChI is InChI=1S/C35H50N2O/c1-22(2)10-9-11-23(3)28-16-17-29-26-15-14-25-20-31-27(21-35(25,5)30(26)18-19-34(28,29)4)32(37-33(38)36-31)24-12-7-6-8-13-24/h6-8,12-13,20,22-23,26,28-30,32H,9-11,14-19,21H2,1-5H3,(H2,36,37,38)/t23-,26?,28-,29?,30?,32?,34-,35+/m1/s1. The molecule has 1 aliphatic heterocycles. The minimum absolute atomic E-state index is 0.0219. The third-order valence-electron chi connectivity index (χ3n) is 12.2. The molecule has 0 spiro atoms. The Balaban J connectivity index is 1.24. The fraction of sp³-hybridized carbons (Fsp3) is 0.686. The van der Waals surface area contributed by atoms with E-state index in [9.17, 15) is 4.79 Å². The summed E-state index contributed by atoms with van der Waals surface area (Å²) in [5.41, 5.74) is 6.00. The molecule has 0 bridgehead atoms. The van der Waals surface area contributed by atoms with E-state index < -0.39 is 0 Å². The summed E-state index contributed by atoms with van der Waals surface area (Å²) in [6.07, 6.45) is 15.9.